The Balaban J connectivity index is 2.00. The number of aromatic nitrogens is 2. The monoisotopic (exact) mass is 239 g/mol. The van der Waals surface area contributed by atoms with E-state index in [-0.39, 0.29) is 6.54 Å². The van der Waals surface area contributed by atoms with Crippen LogP contribution in [-0.2, 0) is 11.2 Å². The van der Waals surface area contributed by atoms with Crippen molar-refractivity contribution in [3.8, 4) is 0 Å². The Morgan fingerprint density at radius 3 is 2.69 bits per heavy atom. The smallest absolute Gasteiger partial charge is 0.340 e. The zero-order chi connectivity index (χ0) is 12.0. The molecule has 16 heavy (non-hydrogen) atoms. The van der Waals surface area contributed by atoms with Crippen molar-refractivity contribution in [2.24, 2.45) is 0 Å². The molecule has 1 aromatic rings. The molecule has 0 aromatic carbocycles. The first-order valence-electron chi connectivity index (χ1n) is 4.68. The lowest BCUT2D eigenvalue weighted by atomic mass is 10.4. The van der Waals surface area contributed by atoms with Gasteiger partial charge in [0.15, 0.2) is 5.82 Å². The summed E-state index contributed by atoms with van der Waals surface area (Å²) in [6, 6.07) is 0. The van der Waals surface area contributed by atoms with E-state index in [1.807, 2.05) is 0 Å². The molecule has 92 valence electrons. The number of hydrogen-bond acceptors (Lipinski definition) is 5. The molecular weight excluding hydrogens is 227 g/mol. The average Bonchev–Trinajstić information content (AvgIpc) is 2.56. The van der Waals surface area contributed by atoms with E-state index in [9.17, 15) is 13.2 Å². The number of hydrogen-bond donors (Lipinski definition) is 1. The molecule has 0 amide bonds. The summed E-state index contributed by atoms with van der Waals surface area (Å²) in [6.07, 6.45) is -4.06. The summed E-state index contributed by atoms with van der Waals surface area (Å²) < 4.78 is 42.9. The summed E-state index contributed by atoms with van der Waals surface area (Å²) >= 11 is 0. The van der Waals surface area contributed by atoms with Gasteiger partial charge in [0.25, 0.3) is 0 Å². The van der Waals surface area contributed by atoms with Gasteiger partial charge in [0.1, 0.15) is 0 Å². The van der Waals surface area contributed by atoms with Crippen LogP contribution in [0.1, 0.15) is 11.7 Å². The molecule has 1 aromatic heterocycles. The molecule has 0 unspecified atom stereocenters. The normalized spacial score (nSPS) is 12.0. The molecule has 1 N–H and O–H groups in total. The van der Waals surface area contributed by atoms with Crippen molar-refractivity contribution in [3.63, 3.8) is 0 Å². The first kappa shape index (κ1) is 12.9. The summed E-state index contributed by atoms with van der Waals surface area (Å²) in [5.74, 6) is 0.997. The predicted molar refractivity (Wildman–Crippen MR) is 47.6 cm³/mol. The topological polar surface area (TPSA) is 60.2 Å². The van der Waals surface area contributed by atoms with Gasteiger partial charge in [0.2, 0.25) is 5.89 Å². The number of nitrogens with one attached hydrogen (secondary N) is 1. The van der Waals surface area contributed by atoms with Gasteiger partial charge in [-0.15, -0.1) is 13.2 Å². The molecule has 0 atom stereocenters. The lowest BCUT2D eigenvalue weighted by Crippen LogP contribution is -2.26. The van der Waals surface area contributed by atoms with Crippen LogP contribution in [0.4, 0.5) is 13.2 Å². The maximum Gasteiger partial charge on any atom is 0.522 e. The summed E-state index contributed by atoms with van der Waals surface area (Å²) in [6.45, 7) is 1.85. The minimum atomic E-state index is -4.56. The Morgan fingerprint density at radius 2 is 2.12 bits per heavy atom. The summed E-state index contributed by atoms with van der Waals surface area (Å²) in [4.78, 5) is 3.94. The zero-order valence-electron chi connectivity index (χ0n) is 8.67. The number of alkyl halides is 3. The van der Waals surface area contributed by atoms with Crippen LogP contribution in [0, 0.1) is 6.92 Å². The van der Waals surface area contributed by atoms with E-state index in [1.165, 1.54) is 0 Å². The summed E-state index contributed by atoms with van der Waals surface area (Å²) in [5.41, 5.74) is 0. The van der Waals surface area contributed by atoms with Crippen molar-refractivity contribution in [1.82, 2.24) is 15.5 Å². The van der Waals surface area contributed by atoms with Crippen LogP contribution in [0.2, 0.25) is 0 Å². The fourth-order valence-electron chi connectivity index (χ4n) is 1.01. The van der Waals surface area contributed by atoms with E-state index in [0.717, 1.165) is 0 Å². The molecule has 0 fully saturated rings. The molecule has 1 rings (SSSR count). The minimum Gasteiger partial charge on any atom is -0.340 e. The fraction of sp³-hybridized carbons (Fsp3) is 0.750. The third-order valence-corrected chi connectivity index (χ3v) is 1.64. The standard InChI is InChI=1S/C8H12F3N3O2/c1-6-13-7(14-16-6)2-3-12-4-5-15-8(9,10)11/h12H,2-5H2,1H3. The second-order valence-corrected chi connectivity index (χ2v) is 3.02. The highest BCUT2D eigenvalue weighted by Gasteiger charge is 2.28. The van der Waals surface area contributed by atoms with Crippen LogP contribution >= 0.6 is 0 Å². The zero-order valence-corrected chi connectivity index (χ0v) is 8.67. The third-order valence-electron chi connectivity index (χ3n) is 1.64. The largest absolute Gasteiger partial charge is 0.522 e. The molecule has 5 nitrogen and oxygen atoms in total. The van der Waals surface area contributed by atoms with Crippen molar-refractivity contribution >= 4 is 0 Å². The minimum absolute atomic E-state index is 0.121. The third kappa shape index (κ3) is 5.66. The number of ether oxygens (including phenoxy) is 1. The van der Waals surface area contributed by atoms with E-state index in [2.05, 4.69) is 20.2 Å². The Morgan fingerprint density at radius 1 is 1.38 bits per heavy atom. The number of nitrogens with zero attached hydrogens (tertiary/aromatic N) is 2. The maximum absolute atomic E-state index is 11.6. The van der Waals surface area contributed by atoms with E-state index >= 15 is 0 Å². The summed E-state index contributed by atoms with van der Waals surface area (Å²) in [7, 11) is 0. The van der Waals surface area contributed by atoms with E-state index < -0.39 is 13.0 Å². The van der Waals surface area contributed by atoms with Gasteiger partial charge in [-0.1, -0.05) is 5.16 Å². The molecule has 0 aliphatic heterocycles. The van der Waals surface area contributed by atoms with Gasteiger partial charge in [-0.05, 0) is 0 Å². The van der Waals surface area contributed by atoms with Gasteiger partial charge >= 0.3 is 6.36 Å². The molecule has 0 aliphatic carbocycles. The number of rotatable bonds is 6. The molecular formula is C8H12F3N3O2. The van der Waals surface area contributed by atoms with Crippen molar-refractivity contribution in [2.75, 3.05) is 19.7 Å². The van der Waals surface area contributed by atoms with E-state index in [1.54, 1.807) is 6.92 Å². The van der Waals surface area contributed by atoms with Crippen LogP contribution in [-0.4, -0.2) is 36.2 Å². The van der Waals surface area contributed by atoms with Crippen molar-refractivity contribution < 1.29 is 22.4 Å². The van der Waals surface area contributed by atoms with Crippen LogP contribution in [0.5, 0.6) is 0 Å². The van der Waals surface area contributed by atoms with Crippen LogP contribution in [0.15, 0.2) is 4.52 Å². The quantitative estimate of drug-likeness (QED) is 0.752. The van der Waals surface area contributed by atoms with Gasteiger partial charge in [0.05, 0.1) is 6.61 Å². The highest BCUT2D eigenvalue weighted by atomic mass is 19.4. The summed E-state index contributed by atoms with van der Waals surface area (Å²) in [5, 5.41) is 6.40. The Kier molecular flexibility index (Phi) is 4.69. The number of aryl methyl sites for hydroxylation is 1. The SMILES string of the molecule is Cc1nc(CCNCCOC(F)(F)F)no1. The highest BCUT2D eigenvalue weighted by molar-refractivity contribution is 4.84. The Bertz CT molecular complexity index is 314. The van der Waals surface area contributed by atoms with Crippen LogP contribution < -0.4 is 5.32 Å². The lowest BCUT2D eigenvalue weighted by Gasteiger charge is -2.07. The molecule has 0 bridgehead atoms. The second-order valence-electron chi connectivity index (χ2n) is 3.02. The van der Waals surface area contributed by atoms with E-state index in [0.29, 0.717) is 24.7 Å². The molecule has 0 saturated heterocycles. The first-order chi connectivity index (χ1) is 7.47. The lowest BCUT2D eigenvalue weighted by molar-refractivity contribution is -0.323. The molecule has 0 spiro atoms. The van der Waals surface area contributed by atoms with Gasteiger partial charge < -0.3 is 9.84 Å². The van der Waals surface area contributed by atoms with Crippen LogP contribution in [0.3, 0.4) is 0 Å². The van der Waals surface area contributed by atoms with Crippen molar-refractivity contribution in [3.05, 3.63) is 11.7 Å². The molecule has 1 heterocycles. The Labute approximate surface area is 90.0 Å². The average molecular weight is 239 g/mol. The Hall–Kier alpha value is -1.15. The van der Waals surface area contributed by atoms with Gasteiger partial charge in [-0.2, -0.15) is 4.98 Å². The van der Waals surface area contributed by atoms with Gasteiger partial charge in [-0.3, -0.25) is 4.74 Å². The maximum atomic E-state index is 11.6. The van der Waals surface area contributed by atoms with Crippen molar-refractivity contribution in [2.45, 2.75) is 19.7 Å². The van der Waals surface area contributed by atoms with Crippen LogP contribution in [0.25, 0.3) is 0 Å². The van der Waals surface area contributed by atoms with Gasteiger partial charge in [0, 0.05) is 26.4 Å². The molecule has 0 aliphatic rings. The van der Waals surface area contributed by atoms with E-state index in [4.69, 9.17) is 4.52 Å². The first-order valence-corrected chi connectivity index (χ1v) is 4.68. The molecule has 0 radical (unpaired) electrons. The van der Waals surface area contributed by atoms with Crippen molar-refractivity contribution in [1.29, 1.82) is 0 Å². The number of halogens is 3. The fourth-order valence-corrected chi connectivity index (χ4v) is 1.01. The second kappa shape index (κ2) is 5.80. The highest BCUT2D eigenvalue weighted by Crippen LogP contribution is 2.14. The molecule has 8 heteroatoms. The predicted octanol–water partition coefficient (Wildman–Crippen LogP) is 1.05. The molecule has 0 saturated carbocycles. The van der Waals surface area contributed by atoms with Gasteiger partial charge in [-0.25, -0.2) is 0 Å².